The van der Waals surface area contributed by atoms with Crippen molar-refractivity contribution < 1.29 is 24.0 Å². The molecule has 0 spiro atoms. The monoisotopic (exact) mass is 415 g/mol. The molecule has 1 N–H and O–H groups in total. The summed E-state index contributed by atoms with van der Waals surface area (Å²) in [5, 5.41) is 13.6. The Morgan fingerprint density at radius 2 is 1.93 bits per heavy atom. The lowest BCUT2D eigenvalue weighted by molar-refractivity contribution is -0.385. The minimum Gasteiger partial charge on any atom is -0.490 e. The smallest absolute Gasteiger partial charge is 0.311 e. The number of nitro groups is 1. The number of hydrogen-bond donors (Lipinski definition) is 1. The highest BCUT2D eigenvalue weighted by Crippen LogP contribution is 2.30. The van der Waals surface area contributed by atoms with Crippen molar-refractivity contribution in [1.82, 2.24) is 10.2 Å². The molecule has 0 aromatic heterocycles. The highest BCUT2D eigenvalue weighted by atomic mass is 16.6. The molecule has 30 heavy (non-hydrogen) atoms. The molecule has 9 nitrogen and oxygen atoms in total. The number of hydrogen-bond acceptors (Lipinski definition) is 6. The van der Waals surface area contributed by atoms with E-state index in [1.165, 1.54) is 37.3 Å². The molecule has 0 fully saturated rings. The molecule has 0 radical (unpaired) electrons. The number of aryl methyl sites for hydroxylation is 1. The lowest BCUT2D eigenvalue weighted by Crippen LogP contribution is -2.48. The summed E-state index contributed by atoms with van der Waals surface area (Å²) in [5.74, 6) is -0.421. The molecule has 0 aliphatic heterocycles. The van der Waals surface area contributed by atoms with Crippen LogP contribution in [0.5, 0.6) is 11.5 Å². The fourth-order valence-corrected chi connectivity index (χ4v) is 2.89. The molecule has 0 saturated heterocycles. The zero-order valence-electron chi connectivity index (χ0n) is 17.4. The zero-order chi connectivity index (χ0) is 22.3. The van der Waals surface area contributed by atoms with Crippen LogP contribution in [0, 0.1) is 17.0 Å². The van der Waals surface area contributed by atoms with Gasteiger partial charge in [0.25, 0.3) is 5.91 Å². The van der Waals surface area contributed by atoms with Gasteiger partial charge in [-0.25, -0.2) is 0 Å². The lowest BCUT2D eigenvalue weighted by Gasteiger charge is -2.28. The predicted molar refractivity (Wildman–Crippen MR) is 110 cm³/mol. The fourth-order valence-electron chi connectivity index (χ4n) is 2.89. The molecular weight excluding hydrogens is 390 g/mol. The topological polar surface area (TPSA) is 111 Å². The van der Waals surface area contributed by atoms with Crippen LogP contribution in [0.4, 0.5) is 5.69 Å². The first kappa shape index (κ1) is 22.7. The van der Waals surface area contributed by atoms with E-state index >= 15 is 0 Å². The molecule has 0 aliphatic rings. The molecule has 160 valence electrons. The van der Waals surface area contributed by atoms with Gasteiger partial charge in [-0.3, -0.25) is 19.7 Å². The first-order valence-corrected chi connectivity index (χ1v) is 9.29. The maximum atomic E-state index is 12.9. The van der Waals surface area contributed by atoms with Gasteiger partial charge in [0.1, 0.15) is 11.8 Å². The van der Waals surface area contributed by atoms with Gasteiger partial charge in [-0.15, -0.1) is 0 Å². The molecular formula is C21H25N3O6. The summed E-state index contributed by atoms with van der Waals surface area (Å²) in [6, 6.07) is 10.9. The van der Waals surface area contributed by atoms with E-state index in [1.807, 2.05) is 31.2 Å². The largest absolute Gasteiger partial charge is 0.490 e. The van der Waals surface area contributed by atoms with Gasteiger partial charge in [-0.05, 0) is 31.0 Å². The number of nitro benzene ring substituents is 1. The zero-order valence-corrected chi connectivity index (χ0v) is 17.4. The van der Waals surface area contributed by atoms with E-state index in [9.17, 15) is 19.7 Å². The lowest BCUT2D eigenvalue weighted by atomic mass is 10.1. The van der Waals surface area contributed by atoms with Crippen molar-refractivity contribution in [2.75, 3.05) is 20.8 Å². The highest BCUT2D eigenvalue weighted by molar-refractivity contribution is 5.87. The van der Waals surface area contributed by atoms with Crippen LogP contribution in [-0.2, 0) is 16.1 Å². The van der Waals surface area contributed by atoms with Crippen molar-refractivity contribution in [3.8, 4) is 11.5 Å². The first-order chi connectivity index (χ1) is 14.3. The third kappa shape index (κ3) is 5.47. The van der Waals surface area contributed by atoms with Crippen molar-refractivity contribution in [3.05, 3.63) is 63.7 Å². The number of carbonyl (C=O) groups excluding carboxylic acids is 2. The van der Waals surface area contributed by atoms with Crippen LogP contribution >= 0.6 is 0 Å². The number of benzene rings is 2. The summed E-state index contributed by atoms with van der Waals surface area (Å²) in [4.78, 5) is 36.9. The molecule has 0 saturated carbocycles. The molecule has 2 rings (SSSR count). The summed E-state index contributed by atoms with van der Waals surface area (Å²) in [5.41, 5.74) is 1.71. The number of methoxy groups -OCH3 is 1. The van der Waals surface area contributed by atoms with Gasteiger partial charge in [0.05, 0.1) is 12.0 Å². The van der Waals surface area contributed by atoms with E-state index in [-0.39, 0.29) is 36.2 Å². The van der Waals surface area contributed by atoms with E-state index < -0.39 is 16.9 Å². The summed E-state index contributed by atoms with van der Waals surface area (Å²) in [7, 11) is 2.82. The van der Waals surface area contributed by atoms with Crippen LogP contribution in [0.1, 0.15) is 18.1 Å². The molecule has 9 heteroatoms. The third-order valence-electron chi connectivity index (χ3n) is 4.73. The number of rotatable bonds is 9. The van der Waals surface area contributed by atoms with Gasteiger partial charge in [0, 0.05) is 25.7 Å². The first-order valence-electron chi connectivity index (χ1n) is 9.29. The molecule has 1 atom stereocenters. The Labute approximate surface area is 174 Å². The molecule has 0 bridgehead atoms. The number of nitrogens with zero attached hydrogens (tertiary/aromatic N) is 2. The standard InChI is InChI=1S/C21H25N3O6/c1-14-7-5-6-8-16(14)12-23(15(2)21(26)22-3)20(25)13-30-17-9-10-18(24(27)28)19(11-17)29-4/h5-11,15H,12-13H2,1-4H3,(H,22,26)/t15-/m1/s1. The Balaban J connectivity index is 2.19. The number of ether oxygens (including phenoxy) is 2. The van der Waals surface area contributed by atoms with Gasteiger partial charge in [0.15, 0.2) is 6.61 Å². The van der Waals surface area contributed by atoms with E-state index in [1.54, 1.807) is 6.92 Å². The van der Waals surface area contributed by atoms with Crippen LogP contribution in [0.25, 0.3) is 0 Å². The summed E-state index contributed by atoms with van der Waals surface area (Å²) in [6.07, 6.45) is 0. The van der Waals surface area contributed by atoms with Crippen molar-refractivity contribution in [2.45, 2.75) is 26.4 Å². The van der Waals surface area contributed by atoms with Gasteiger partial charge < -0.3 is 19.7 Å². The van der Waals surface area contributed by atoms with E-state index in [4.69, 9.17) is 9.47 Å². The molecule has 2 amide bonds. The average molecular weight is 415 g/mol. The second kappa shape index (κ2) is 10.2. The second-order valence-corrected chi connectivity index (χ2v) is 6.62. The van der Waals surface area contributed by atoms with E-state index in [2.05, 4.69) is 5.32 Å². The molecule has 0 unspecified atom stereocenters. The van der Waals surface area contributed by atoms with Crippen LogP contribution in [-0.4, -0.2) is 48.4 Å². The average Bonchev–Trinajstić information content (AvgIpc) is 2.75. The van der Waals surface area contributed by atoms with Crippen LogP contribution in [0.2, 0.25) is 0 Å². The van der Waals surface area contributed by atoms with Crippen molar-refractivity contribution in [3.63, 3.8) is 0 Å². The number of likely N-dealkylation sites (N-methyl/N-ethyl adjacent to an activating group) is 1. The summed E-state index contributed by atoms with van der Waals surface area (Å²) in [6.45, 7) is 3.48. The van der Waals surface area contributed by atoms with Gasteiger partial charge >= 0.3 is 5.69 Å². The Morgan fingerprint density at radius 1 is 1.23 bits per heavy atom. The number of amides is 2. The van der Waals surface area contributed by atoms with Gasteiger partial charge in [-0.2, -0.15) is 0 Å². The normalized spacial score (nSPS) is 11.3. The van der Waals surface area contributed by atoms with Crippen molar-refractivity contribution >= 4 is 17.5 Å². The predicted octanol–water partition coefficient (Wildman–Crippen LogP) is 2.45. The van der Waals surface area contributed by atoms with Gasteiger partial charge in [-0.1, -0.05) is 24.3 Å². The van der Waals surface area contributed by atoms with E-state index in [0.29, 0.717) is 0 Å². The van der Waals surface area contributed by atoms with Crippen molar-refractivity contribution in [1.29, 1.82) is 0 Å². The minimum atomic E-state index is -0.711. The Bertz CT molecular complexity index is 931. The van der Waals surface area contributed by atoms with E-state index in [0.717, 1.165) is 11.1 Å². The molecule has 0 heterocycles. The highest BCUT2D eigenvalue weighted by Gasteiger charge is 2.26. The Morgan fingerprint density at radius 3 is 2.53 bits per heavy atom. The number of carbonyl (C=O) groups is 2. The fraction of sp³-hybridized carbons (Fsp3) is 0.333. The molecule has 0 aliphatic carbocycles. The third-order valence-corrected chi connectivity index (χ3v) is 4.73. The maximum absolute atomic E-state index is 12.9. The molecule has 2 aromatic carbocycles. The SMILES string of the molecule is CNC(=O)[C@@H](C)N(Cc1ccccc1C)C(=O)COc1ccc([N+](=O)[O-])c(OC)c1. The summed E-state index contributed by atoms with van der Waals surface area (Å²) < 4.78 is 10.5. The minimum absolute atomic E-state index is 0.0282. The quantitative estimate of drug-likeness (QED) is 0.497. The van der Waals surface area contributed by atoms with Crippen LogP contribution < -0.4 is 14.8 Å². The van der Waals surface area contributed by atoms with Crippen LogP contribution in [0.3, 0.4) is 0 Å². The second-order valence-electron chi connectivity index (χ2n) is 6.62. The maximum Gasteiger partial charge on any atom is 0.311 e. The van der Waals surface area contributed by atoms with Crippen LogP contribution in [0.15, 0.2) is 42.5 Å². The van der Waals surface area contributed by atoms with Gasteiger partial charge in [0.2, 0.25) is 11.7 Å². The van der Waals surface area contributed by atoms with Crippen molar-refractivity contribution in [2.24, 2.45) is 0 Å². The Kier molecular flexibility index (Phi) is 7.74. The summed E-state index contributed by atoms with van der Waals surface area (Å²) >= 11 is 0. The molecule has 2 aromatic rings. The Hall–Kier alpha value is -3.62. The number of nitrogens with one attached hydrogen (secondary N) is 1.